The second kappa shape index (κ2) is 9.50. The molecule has 2 N–H and O–H groups in total. The van der Waals surface area contributed by atoms with E-state index >= 15 is 0 Å². The lowest BCUT2D eigenvalue weighted by atomic mass is 9.95. The molecule has 7 heteroatoms. The monoisotopic (exact) mass is 443 g/mol. The Balaban J connectivity index is 1.42. The molecule has 28 heavy (non-hydrogen) atoms. The van der Waals surface area contributed by atoms with Crippen LogP contribution in [0.25, 0.3) is 0 Å². The molecular weight excluding hydrogens is 422 g/mol. The number of hydrogen-bond donors (Lipinski definition) is 2. The Morgan fingerprint density at radius 3 is 2.25 bits per heavy atom. The summed E-state index contributed by atoms with van der Waals surface area (Å²) in [5.74, 6) is -0.535. The van der Waals surface area contributed by atoms with Crippen LogP contribution in [-0.2, 0) is 9.59 Å². The second-order valence-electron chi connectivity index (χ2n) is 6.70. The first kappa shape index (κ1) is 20.1. The number of rotatable bonds is 5. The third-order valence-electron chi connectivity index (χ3n) is 4.77. The summed E-state index contributed by atoms with van der Waals surface area (Å²) in [7, 11) is 0. The second-order valence-corrected chi connectivity index (χ2v) is 7.62. The quantitative estimate of drug-likeness (QED) is 0.744. The summed E-state index contributed by atoms with van der Waals surface area (Å²) in [5, 5.41) is 5.57. The van der Waals surface area contributed by atoms with E-state index in [0.29, 0.717) is 31.5 Å². The summed E-state index contributed by atoms with van der Waals surface area (Å²) in [6.45, 7) is 0.987. The highest BCUT2D eigenvalue weighted by atomic mass is 79.9. The van der Waals surface area contributed by atoms with Crippen molar-refractivity contribution in [2.45, 2.75) is 12.8 Å². The Hall–Kier alpha value is -2.67. The third-order valence-corrected chi connectivity index (χ3v) is 5.30. The highest BCUT2D eigenvalue weighted by Crippen LogP contribution is 2.20. The molecule has 0 unspecified atom stereocenters. The highest BCUT2D eigenvalue weighted by molar-refractivity contribution is 9.10. The molecule has 0 atom stereocenters. The molecule has 1 heterocycles. The van der Waals surface area contributed by atoms with Crippen molar-refractivity contribution in [3.05, 3.63) is 64.6 Å². The molecule has 6 nitrogen and oxygen atoms in total. The number of benzene rings is 2. The van der Waals surface area contributed by atoms with Gasteiger partial charge < -0.3 is 15.5 Å². The first-order valence-electron chi connectivity index (χ1n) is 9.20. The molecule has 1 aliphatic rings. The summed E-state index contributed by atoms with van der Waals surface area (Å²) in [6, 6.07) is 16.2. The molecule has 0 spiro atoms. The van der Waals surface area contributed by atoms with Crippen molar-refractivity contribution in [1.29, 1.82) is 0 Å². The fourth-order valence-corrected chi connectivity index (χ4v) is 3.39. The minimum atomic E-state index is -0.266. The summed E-state index contributed by atoms with van der Waals surface area (Å²) in [6.07, 6.45) is 1.22. The van der Waals surface area contributed by atoms with Crippen molar-refractivity contribution >= 4 is 39.3 Å². The topological polar surface area (TPSA) is 78.5 Å². The number of carbonyl (C=O) groups excluding carboxylic acids is 3. The molecular formula is C21H22BrN3O3. The number of anilines is 1. The van der Waals surface area contributed by atoms with Crippen LogP contribution in [0.4, 0.5) is 5.69 Å². The number of halogens is 1. The van der Waals surface area contributed by atoms with E-state index < -0.39 is 0 Å². The van der Waals surface area contributed by atoms with Crippen molar-refractivity contribution in [2.24, 2.45) is 5.92 Å². The number of nitrogens with one attached hydrogen (secondary N) is 2. The van der Waals surface area contributed by atoms with E-state index in [2.05, 4.69) is 26.6 Å². The van der Waals surface area contributed by atoms with Crippen LogP contribution < -0.4 is 10.6 Å². The maximum atomic E-state index is 12.4. The average Bonchev–Trinajstić information content (AvgIpc) is 2.74. The Morgan fingerprint density at radius 1 is 0.964 bits per heavy atom. The van der Waals surface area contributed by atoms with Crippen LogP contribution in [0.5, 0.6) is 0 Å². The van der Waals surface area contributed by atoms with Gasteiger partial charge in [0.25, 0.3) is 5.91 Å². The fraction of sp³-hybridized carbons (Fsp3) is 0.286. The summed E-state index contributed by atoms with van der Waals surface area (Å²) >= 11 is 3.37. The number of nitrogens with zero attached hydrogens (tertiary/aromatic N) is 1. The molecule has 3 rings (SSSR count). The number of carbonyl (C=O) groups is 3. The maximum absolute atomic E-state index is 12.4. The number of likely N-dealkylation sites (tertiary alicyclic amines) is 1. The standard InChI is InChI=1S/C21H22BrN3O3/c22-17-6-8-18(9-7-17)24-21(28)16-10-12-25(13-11-16)19(26)14-23-20(27)15-4-2-1-3-5-15/h1-9,16H,10-14H2,(H,23,27)(H,24,28). The molecule has 0 radical (unpaired) electrons. The maximum Gasteiger partial charge on any atom is 0.251 e. The van der Waals surface area contributed by atoms with Gasteiger partial charge in [0, 0.05) is 34.7 Å². The van der Waals surface area contributed by atoms with Gasteiger partial charge in [-0.1, -0.05) is 34.1 Å². The lowest BCUT2D eigenvalue weighted by Gasteiger charge is -2.31. The Labute approximate surface area is 172 Å². The van der Waals surface area contributed by atoms with Crippen molar-refractivity contribution < 1.29 is 14.4 Å². The van der Waals surface area contributed by atoms with Gasteiger partial charge in [0.05, 0.1) is 6.54 Å². The van der Waals surface area contributed by atoms with Crippen LogP contribution in [0.1, 0.15) is 23.2 Å². The van der Waals surface area contributed by atoms with Crippen LogP contribution in [-0.4, -0.2) is 42.3 Å². The lowest BCUT2D eigenvalue weighted by molar-refractivity contribution is -0.133. The molecule has 146 valence electrons. The summed E-state index contributed by atoms with van der Waals surface area (Å²) in [4.78, 5) is 38.5. The third kappa shape index (κ3) is 5.42. The van der Waals surface area contributed by atoms with E-state index in [-0.39, 0.29) is 30.2 Å². The van der Waals surface area contributed by atoms with Gasteiger partial charge in [-0.2, -0.15) is 0 Å². The van der Waals surface area contributed by atoms with Gasteiger partial charge in [-0.15, -0.1) is 0 Å². The predicted molar refractivity (Wildman–Crippen MR) is 111 cm³/mol. The Morgan fingerprint density at radius 2 is 1.61 bits per heavy atom. The van der Waals surface area contributed by atoms with Crippen molar-refractivity contribution in [2.75, 3.05) is 25.0 Å². The number of amides is 3. The molecule has 0 aromatic heterocycles. The molecule has 0 aliphatic carbocycles. The van der Waals surface area contributed by atoms with Crippen molar-refractivity contribution in [1.82, 2.24) is 10.2 Å². The molecule has 2 aromatic rings. The molecule has 1 saturated heterocycles. The van der Waals surface area contributed by atoms with Crippen LogP contribution >= 0.6 is 15.9 Å². The van der Waals surface area contributed by atoms with Gasteiger partial charge in [-0.25, -0.2) is 0 Å². The molecule has 3 amide bonds. The van der Waals surface area contributed by atoms with E-state index in [0.717, 1.165) is 10.2 Å². The van der Waals surface area contributed by atoms with E-state index in [1.54, 1.807) is 29.2 Å². The highest BCUT2D eigenvalue weighted by Gasteiger charge is 2.27. The van der Waals surface area contributed by atoms with Crippen LogP contribution in [0, 0.1) is 5.92 Å². The molecule has 2 aromatic carbocycles. The smallest absolute Gasteiger partial charge is 0.251 e. The summed E-state index contributed by atoms with van der Waals surface area (Å²) in [5.41, 5.74) is 1.29. The largest absolute Gasteiger partial charge is 0.343 e. The predicted octanol–water partition coefficient (Wildman–Crippen LogP) is 3.06. The van der Waals surface area contributed by atoms with Gasteiger partial charge in [0.15, 0.2) is 0 Å². The van der Waals surface area contributed by atoms with Crippen LogP contribution in [0.15, 0.2) is 59.1 Å². The molecule has 0 saturated carbocycles. The van der Waals surface area contributed by atoms with Gasteiger partial charge in [-0.05, 0) is 49.2 Å². The normalized spacial score (nSPS) is 14.4. The average molecular weight is 444 g/mol. The zero-order valence-corrected chi connectivity index (χ0v) is 16.9. The van der Waals surface area contributed by atoms with Gasteiger partial charge in [-0.3, -0.25) is 14.4 Å². The fourth-order valence-electron chi connectivity index (χ4n) is 3.13. The van der Waals surface area contributed by atoms with Crippen LogP contribution in [0.3, 0.4) is 0 Å². The van der Waals surface area contributed by atoms with Crippen molar-refractivity contribution in [3.63, 3.8) is 0 Å². The SMILES string of the molecule is O=C(NCC(=O)N1CCC(C(=O)Nc2ccc(Br)cc2)CC1)c1ccccc1. The first-order valence-corrected chi connectivity index (χ1v) is 9.99. The number of piperidine rings is 1. The summed E-state index contributed by atoms with van der Waals surface area (Å²) < 4.78 is 0.955. The van der Waals surface area contributed by atoms with E-state index in [1.807, 2.05) is 30.3 Å². The first-order chi connectivity index (χ1) is 13.5. The van der Waals surface area contributed by atoms with Gasteiger partial charge in [0.1, 0.15) is 0 Å². The van der Waals surface area contributed by atoms with Crippen LogP contribution in [0.2, 0.25) is 0 Å². The van der Waals surface area contributed by atoms with Crippen molar-refractivity contribution in [3.8, 4) is 0 Å². The zero-order valence-electron chi connectivity index (χ0n) is 15.4. The van der Waals surface area contributed by atoms with E-state index in [4.69, 9.17) is 0 Å². The van der Waals surface area contributed by atoms with Gasteiger partial charge in [0.2, 0.25) is 11.8 Å². The van der Waals surface area contributed by atoms with Gasteiger partial charge >= 0.3 is 0 Å². The molecule has 1 aliphatic heterocycles. The minimum absolute atomic E-state index is 0.0215. The van der Waals surface area contributed by atoms with E-state index in [1.165, 1.54) is 0 Å². The number of hydrogen-bond acceptors (Lipinski definition) is 3. The Kier molecular flexibility index (Phi) is 6.81. The Bertz CT molecular complexity index is 832. The molecule has 1 fully saturated rings. The minimum Gasteiger partial charge on any atom is -0.343 e. The lowest BCUT2D eigenvalue weighted by Crippen LogP contribution is -2.45. The van der Waals surface area contributed by atoms with E-state index in [9.17, 15) is 14.4 Å². The zero-order chi connectivity index (χ0) is 19.9. The molecule has 0 bridgehead atoms.